The van der Waals surface area contributed by atoms with Crippen molar-refractivity contribution in [3.63, 3.8) is 0 Å². The maximum Gasteiger partial charge on any atom is 0.325 e. The quantitative estimate of drug-likeness (QED) is 0.220. The van der Waals surface area contributed by atoms with Crippen LogP contribution in [0.25, 0.3) is 0 Å². The van der Waals surface area contributed by atoms with E-state index in [1.807, 2.05) is 30.3 Å². The highest BCUT2D eigenvalue weighted by atomic mass is 32.2. The number of ether oxygens (including phenoxy) is 2. The first-order chi connectivity index (χ1) is 16.1. The number of rotatable bonds is 10. The molecule has 0 spiro atoms. The Morgan fingerprint density at radius 1 is 1.15 bits per heavy atom. The average Bonchev–Trinajstić information content (AvgIpc) is 2.79. The molecule has 1 fully saturated rings. The van der Waals surface area contributed by atoms with E-state index in [1.54, 1.807) is 0 Å². The number of nitrogens with two attached hydrogens (primary N) is 1. The smallest absolute Gasteiger partial charge is 0.325 e. The molecule has 1 saturated heterocycles. The van der Waals surface area contributed by atoms with Crippen molar-refractivity contribution < 1.29 is 33.9 Å². The van der Waals surface area contributed by atoms with Gasteiger partial charge in [0.2, 0.25) is 0 Å². The van der Waals surface area contributed by atoms with E-state index < -0.39 is 45.8 Å². The number of nitro groups is 1. The molecule has 1 aliphatic heterocycles. The number of para-hydroxylation sites is 1. The third-order valence-electron chi connectivity index (χ3n) is 5.37. The fourth-order valence-electron chi connectivity index (χ4n) is 3.57. The van der Waals surface area contributed by atoms with E-state index in [1.165, 1.54) is 31.2 Å². The molecule has 2 aromatic rings. The Morgan fingerprint density at radius 2 is 1.74 bits per heavy atom. The van der Waals surface area contributed by atoms with Gasteiger partial charge in [-0.05, 0) is 12.0 Å². The SMILES string of the molecule is CC1(CCc2ccccc2)OC(=O)C(C(SC[C@H](N)C(=O)O)c2ccccc2[N+](=O)[O-])C(=O)O1. The van der Waals surface area contributed by atoms with E-state index in [-0.39, 0.29) is 23.4 Å². The number of aliphatic carboxylic acids is 1. The molecule has 11 heteroatoms. The van der Waals surface area contributed by atoms with E-state index in [0.717, 1.165) is 17.3 Å². The summed E-state index contributed by atoms with van der Waals surface area (Å²) in [6.45, 7) is 1.48. The second kappa shape index (κ2) is 10.7. The lowest BCUT2D eigenvalue weighted by atomic mass is 9.95. The lowest BCUT2D eigenvalue weighted by Crippen LogP contribution is -2.50. The fourth-order valence-corrected chi connectivity index (χ4v) is 4.92. The van der Waals surface area contributed by atoms with Gasteiger partial charge in [0.1, 0.15) is 6.04 Å². The molecule has 0 amide bonds. The van der Waals surface area contributed by atoms with Gasteiger partial charge in [-0.3, -0.25) is 24.5 Å². The summed E-state index contributed by atoms with van der Waals surface area (Å²) in [7, 11) is 0. The predicted octanol–water partition coefficient (Wildman–Crippen LogP) is 2.85. The van der Waals surface area contributed by atoms with Gasteiger partial charge in [0, 0.05) is 30.7 Å². The third-order valence-corrected chi connectivity index (χ3v) is 6.80. The zero-order valence-electron chi connectivity index (χ0n) is 18.3. The Balaban J connectivity index is 1.86. The molecule has 1 heterocycles. The van der Waals surface area contributed by atoms with E-state index in [9.17, 15) is 24.5 Å². The highest BCUT2D eigenvalue weighted by Crippen LogP contribution is 2.44. The van der Waals surface area contributed by atoms with Gasteiger partial charge in [-0.2, -0.15) is 0 Å². The Hall–Kier alpha value is -3.44. The average molecular weight is 489 g/mol. The minimum absolute atomic E-state index is 0.0712. The van der Waals surface area contributed by atoms with E-state index in [0.29, 0.717) is 6.42 Å². The van der Waals surface area contributed by atoms with Crippen molar-refractivity contribution in [3.8, 4) is 0 Å². The highest BCUT2D eigenvalue weighted by Gasteiger charge is 2.50. The van der Waals surface area contributed by atoms with Gasteiger partial charge in [0.15, 0.2) is 5.92 Å². The molecule has 0 radical (unpaired) electrons. The molecule has 2 aromatic carbocycles. The monoisotopic (exact) mass is 488 g/mol. The van der Waals surface area contributed by atoms with Crippen LogP contribution in [0.3, 0.4) is 0 Å². The van der Waals surface area contributed by atoms with Crippen LogP contribution in [0.5, 0.6) is 0 Å². The lowest BCUT2D eigenvalue weighted by Gasteiger charge is -2.38. The molecule has 2 atom stereocenters. The summed E-state index contributed by atoms with van der Waals surface area (Å²) in [6, 6.07) is 13.7. The van der Waals surface area contributed by atoms with Gasteiger partial charge >= 0.3 is 17.9 Å². The summed E-state index contributed by atoms with van der Waals surface area (Å²) in [5.74, 6) is -6.31. The summed E-state index contributed by atoms with van der Waals surface area (Å²) in [4.78, 5) is 48.2. The van der Waals surface area contributed by atoms with Crippen molar-refractivity contribution in [1.29, 1.82) is 0 Å². The Morgan fingerprint density at radius 3 is 2.32 bits per heavy atom. The molecule has 0 aromatic heterocycles. The van der Waals surface area contributed by atoms with Crippen LogP contribution in [0.15, 0.2) is 54.6 Å². The van der Waals surface area contributed by atoms with Crippen LogP contribution in [-0.4, -0.2) is 45.5 Å². The largest absolute Gasteiger partial charge is 0.480 e. The van der Waals surface area contributed by atoms with Gasteiger partial charge in [-0.1, -0.05) is 48.5 Å². The number of hydrogen-bond acceptors (Lipinski definition) is 9. The van der Waals surface area contributed by atoms with Crippen molar-refractivity contribution in [1.82, 2.24) is 0 Å². The molecule has 0 aliphatic carbocycles. The van der Waals surface area contributed by atoms with Gasteiger partial charge in [-0.15, -0.1) is 11.8 Å². The van der Waals surface area contributed by atoms with Crippen LogP contribution in [0.2, 0.25) is 0 Å². The minimum Gasteiger partial charge on any atom is -0.480 e. The first kappa shape index (κ1) is 25.2. The number of nitrogens with zero attached hydrogens (tertiary/aromatic N) is 1. The van der Waals surface area contributed by atoms with Crippen molar-refractivity contribution in [2.24, 2.45) is 11.7 Å². The van der Waals surface area contributed by atoms with Gasteiger partial charge < -0.3 is 20.3 Å². The first-order valence-corrected chi connectivity index (χ1v) is 11.5. The number of carboxylic acids is 1. The first-order valence-electron chi connectivity index (χ1n) is 10.4. The van der Waals surface area contributed by atoms with Crippen molar-refractivity contribution in [2.45, 2.75) is 36.8 Å². The molecule has 1 unspecified atom stereocenters. The predicted molar refractivity (Wildman–Crippen MR) is 123 cm³/mol. The Labute approximate surface area is 199 Å². The normalized spacial score (nSPS) is 21.8. The number of hydrogen-bond donors (Lipinski definition) is 2. The maximum absolute atomic E-state index is 13.1. The molecule has 0 bridgehead atoms. The van der Waals surface area contributed by atoms with Crippen LogP contribution in [0, 0.1) is 16.0 Å². The van der Waals surface area contributed by atoms with Gasteiger partial charge in [0.05, 0.1) is 10.2 Å². The molecular weight excluding hydrogens is 464 g/mol. The summed E-state index contributed by atoms with van der Waals surface area (Å²) >= 11 is 0.855. The second-order valence-electron chi connectivity index (χ2n) is 7.95. The number of cyclic esters (lactones) is 2. The molecule has 3 rings (SSSR count). The number of thioether (sulfide) groups is 1. The fraction of sp³-hybridized carbons (Fsp3) is 0.348. The van der Waals surface area contributed by atoms with Crippen LogP contribution < -0.4 is 5.73 Å². The topological polar surface area (TPSA) is 159 Å². The van der Waals surface area contributed by atoms with Crippen LogP contribution in [0.4, 0.5) is 5.69 Å². The number of esters is 2. The standard InChI is InChI=1S/C23H24N2O8S/c1-23(12-11-14-7-3-2-4-8-14)32-21(28)18(22(29)33-23)19(34-13-16(24)20(26)27)15-9-5-6-10-17(15)25(30)31/h2-10,16,18-19H,11-13,24H2,1H3,(H,26,27)/t16-,18?,19?,23?/m0/s1. The molecule has 1 aliphatic rings. The number of carboxylic acid groups (broad SMARTS) is 1. The van der Waals surface area contributed by atoms with Gasteiger partial charge in [0.25, 0.3) is 11.5 Å². The highest BCUT2D eigenvalue weighted by molar-refractivity contribution is 7.99. The number of aryl methyl sites for hydroxylation is 1. The number of benzene rings is 2. The molecule has 10 nitrogen and oxygen atoms in total. The number of carbonyl (C=O) groups excluding carboxylic acids is 2. The Bertz CT molecular complexity index is 1060. The zero-order chi connectivity index (χ0) is 24.9. The van der Waals surface area contributed by atoms with Crippen LogP contribution >= 0.6 is 11.8 Å². The summed E-state index contributed by atoms with van der Waals surface area (Å²) in [5.41, 5.74) is 6.31. The lowest BCUT2D eigenvalue weighted by molar-refractivity contribution is -0.385. The van der Waals surface area contributed by atoms with Crippen molar-refractivity contribution in [2.75, 3.05) is 5.75 Å². The minimum atomic E-state index is -1.53. The molecule has 34 heavy (non-hydrogen) atoms. The maximum atomic E-state index is 13.1. The van der Waals surface area contributed by atoms with E-state index >= 15 is 0 Å². The van der Waals surface area contributed by atoms with Gasteiger partial charge in [-0.25, -0.2) is 0 Å². The Kier molecular flexibility index (Phi) is 7.90. The molecule has 180 valence electrons. The summed E-state index contributed by atoms with van der Waals surface area (Å²) in [6.07, 6.45) is 0.701. The van der Waals surface area contributed by atoms with Crippen LogP contribution in [0.1, 0.15) is 29.7 Å². The number of carbonyl (C=O) groups is 3. The summed E-state index contributed by atoms with van der Waals surface area (Å²) in [5, 5.41) is 19.6. The van der Waals surface area contributed by atoms with Crippen LogP contribution in [-0.2, 0) is 30.3 Å². The second-order valence-corrected chi connectivity index (χ2v) is 9.13. The molecule has 0 saturated carbocycles. The van der Waals surface area contributed by atoms with E-state index in [2.05, 4.69) is 0 Å². The van der Waals surface area contributed by atoms with E-state index in [4.69, 9.17) is 20.3 Å². The van der Waals surface area contributed by atoms with Crippen molar-refractivity contribution >= 4 is 35.4 Å². The molecule has 3 N–H and O–H groups in total. The molecular formula is C23H24N2O8S. The third kappa shape index (κ3) is 5.91. The van der Waals surface area contributed by atoms with Crippen molar-refractivity contribution in [3.05, 3.63) is 75.8 Å². The zero-order valence-corrected chi connectivity index (χ0v) is 19.1. The number of nitro benzene ring substituents is 1. The summed E-state index contributed by atoms with van der Waals surface area (Å²) < 4.78 is 11.0.